The lowest BCUT2D eigenvalue weighted by molar-refractivity contribution is -0.384. The molecule has 2 heterocycles. The third-order valence-electron chi connectivity index (χ3n) is 5.84. The fourth-order valence-electron chi connectivity index (χ4n) is 3.89. The van der Waals surface area contributed by atoms with Crippen LogP contribution in [0.2, 0.25) is 0 Å². The van der Waals surface area contributed by atoms with Crippen molar-refractivity contribution in [1.82, 2.24) is 5.32 Å². The Labute approximate surface area is 220 Å². The molecule has 5 aromatic rings. The maximum absolute atomic E-state index is 12.7. The molecule has 0 radical (unpaired) electrons. The summed E-state index contributed by atoms with van der Waals surface area (Å²) in [6, 6.07) is 23.3. The summed E-state index contributed by atoms with van der Waals surface area (Å²) in [6.45, 7) is 1.86. The van der Waals surface area contributed by atoms with Crippen molar-refractivity contribution in [2.24, 2.45) is 0 Å². The lowest BCUT2D eigenvalue weighted by Gasteiger charge is -2.13. The van der Waals surface area contributed by atoms with Crippen LogP contribution in [0, 0.1) is 17.0 Å². The quantitative estimate of drug-likeness (QED) is 0.123. The molecular formula is C28H19N3O6S. The van der Waals surface area contributed by atoms with Gasteiger partial charge < -0.3 is 14.2 Å². The number of furan rings is 1. The third kappa shape index (κ3) is 5.06. The number of carbonyl (C=O) groups excluding carboxylic acids is 1. The Morgan fingerprint density at radius 3 is 2.55 bits per heavy atom. The van der Waals surface area contributed by atoms with Crippen LogP contribution in [0.15, 0.2) is 98.6 Å². The number of nitro benzene ring substituents is 1. The Kier molecular flexibility index (Phi) is 6.55. The van der Waals surface area contributed by atoms with Gasteiger partial charge in [-0.2, -0.15) is 0 Å². The van der Waals surface area contributed by atoms with Crippen molar-refractivity contribution in [2.75, 3.05) is 5.32 Å². The standard InChI is InChI=1S/C28H19N3O6S/c1-16-9-10-17(21-14-19-5-2-3-8-23(19)37-27(21)33)15-22(16)29-28(38)30-26(32)25-12-11-24(36-25)18-6-4-7-20(13-18)31(34)35/h2-15H,1H3,(H2,29,30,32,38). The number of rotatable bonds is 5. The molecule has 188 valence electrons. The minimum atomic E-state index is -0.594. The van der Waals surface area contributed by atoms with Gasteiger partial charge in [-0.1, -0.05) is 42.5 Å². The van der Waals surface area contributed by atoms with E-state index in [0.29, 0.717) is 33.7 Å². The van der Waals surface area contributed by atoms with Gasteiger partial charge in [-0.3, -0.25) is 20.2 Å². The molecule has 0 saturated carbocycles. The van der Waals surface area contributed by atoms with E-state index in [-0.39, 0.29) is 16.6 Å². The fraction of sp³-hybridized carbons (Fsp3) is 0.0357. The van der Waals surface area contributed by atoms with Crippen LogP contribution in [0.3, 0.4) is 0 Å². The molecule has 0 fully saturated rings. The number of amides is 1. The van der Waals surface area contributed by atoms with E-state index in [1.54, 1.807) is 36.4 Å². The van der Waals surface area contributed by atoms with Crippen molar-refractivity contribution >= 4 is 45.6 Å². The predicted molar refractivity (Wildman–Crippen MR) is 147 cm³/mol. The number of fused-ring (bicyclic) bond motifs is 1. The van der Waals surface area contributed by atoms with Crippen LogP contribution in [0.1, 0.15) is 16.1 Å². The van der Waals surface area contributed by atoms with Gasteiger partial charge in [-0.15, -0.1) is 0 Å². The monoisotopic (exact) mass is 525 g/mol. The summed E-state index contributed by atoms with van der Waals surface area (Å²) in [4.78, 5) is 35.8. The van der Waals surface area contributed by atoms with Crippen LogP contribution in [0.5, 0.6) is 0 Å². The summed E-state index contributed by atoms with van der Waals surface area (Å²) in [5, 5.41) is 17.4. The Balaban J connectivity index is 1.32. The topological polar surface area (TPSA) is 128 Å². The summed E-state index contributed by atoms with van der Waals surface area (Å²) in [6.07, 6.45) is 0. The number of hydrogen-bond acceptors (Lipinski definition) is 7. The highest BCUT2D eigenvalue weighted by molar-refractivity contribution is 7.80. The fourth-order valence-corrected chi connectivity index (χ4v) is 4.10. The van der Waals surface area contributed by atoms with Gasteiger partial charge in [0.2, 0.25) is 0 Å². The summed E-state index contributed by atoms with van der Waals surface area (Å²) in [5.41, 5.74) is 2.86. The molecule has 0 aliphatic rings. The van der Waals surface area contributed by atoms with Crippen LogP contribution in [0.25, 0.3) is 33.4 Å². The molecule has 0 unspecified atom stereocenters. The number of para-hydroxylation sites is 1. The van der Waals surface area contributed by atoms with Crippen LogP contribution >= 0.6 is 12.2 Å². The van der Waals surface area contributed by atoms with Gasteiger partial charge in [-0.25, -0.2) is 4.79 Å². The zero-order valence-electron chi connectivity index (χ0n) is 19.9. The SMILES string of the molecule is Cc1ccc(-c2cc3ccccc3oc2=O)cc1NC(=S)NC(=O)c1ccc(-c2cccc([N+](=O)[O-])c2)o1. The molecule has 5 rings (SSSR count). The van der Waals surface area contributed by atoms with E-state index in [4.69, 9.17) is 21.1 Å². The summed E-state index contributed by atoms with van der Waals surface area (Å²) < 4.78 is 11.0. The van der Waals surface area contributed by atoms with Crippen LogP contribution in [-0.2, 0) is 0 Å². The third-order valence-corrected chi connectivity index (χ3v) is 6.04. The first-order valence-corrected chi connectivity index (χ1v) is 11.8. The van der Waals surface area contributed by atoms with Crippen LogP contribution in [-0.4, -0.2) is 15.9 Å². The summed E-state index contributed by atoms with van der Waals surface area (Å²) >= 11 is 5.33. The molecule has 2 aromatic heterocycles. The van der Waals surface area contributed by atoms with Crippen LogP contribution in [0.4, 0.5) is 11.4 Å². The van der Waals surface area contributed by atoms with Gasteiger partial charge >= 0.3 is 5.63 Å². The average Bonchev–Trinajstić information content (AvgIpc) is 3.40. The Morgan fingerprint density at radius 2 is 1.74 bits per heavy atom. The van der Waals surface area contributed by atoms with Crippen molar-refractivity contribution in [3.63, 3.8) is 0 Å². The number of benzene rings is 3. The zero-order valence-corrected chi connectivity index (χ0v) is 20.7. The van der Waals surface area contributed by atoms with Gasteiger partial charge in [0.25, 0.3) is 11.6 Å². The number of non-ortho nitro benzene ring substituents is 1. The highest BCUT2D eigenvalue weighted by Crippen LogP contribution is 2.27. The molecular weight excluding hydrogens is 506 g/mol. The first kappa shape index (κ1) is 24.6. The Hall–Kier alpha value is -5.09. The normalized spacial score (nSPS) is 10.8. The lowest BCUT2D eigenvalue weighted by Crippen LogP contribution is -2.34. The molecule has 2 N–H and O–H groups in total. The van der Waals surface area contributed by atoms with Crippen molar-refractivity contribution in [3.05, 3.63) is 117 Å². The second kappa shape index (κ2) is 10.1. The van der Waals surface area contributed by atoms with Crippen molar-refractivity contribution < 1.29 is 18.6 Å². The van der Waals surface area contributed by atoms with E-state index >= 15 is 0 Å². The lowest BCUT2D eigenvalue weighted by atomic mass is 10.0. The molecule has 10 heteroatoms. The van der Waals surface area contributed by atoms with Crippen molar-refractivity contribution in [2.45, 2.75) is 6.92 Å². The molecule has 0 saturated heterocycles. The predicted octanol–water partition coefficient (Wildman–Crippen LogP) is 6.06. The number of nitrogens with zero attached hydrogens (tertiary/aromatic N) is 1. The largest absolute Gasteiger partial charge is 0.451 e. The number of thiocarbonyl (C=S) groups is 1. The first-order valence-electron chi connectivity index (χ1n) is 11.4. The van der Waals surface area contributed by atoms with Gasteiger partial charge in [0.1, 0.15) is 11.3 Å². The number of nitro groups is 1. The molecule has 0 atom stereocenters. The molecule has 9 nitrogen and oxygen atoms in total. The second-order valence-corrected chi connectivity index (χ2v) is 8.80. The van der Waals surface area contributed by atoms with Crippen molar-refractivity contribution in [1.29, 1.82) is 0 Å². The van der Waals surface area contributed by atoms with Crippen LogP contribution < -0.4 is 16.3 Å². The minimum Gasteiger partial charge on any atom is -0.451 e. The maximum Gasteiger partial charge on any atom is 0.344 e. The first-order chi connectivity index (χ1) is 18.3. The van der Waals surface area contributed by atoms with Gasteiger partial charge in [0.05, 0.1) is 10.5 Å². The molecule has 1 amide bonds. The smallest absolute Gasteiger partial charge is 0.344 e. The average molecular weight is 526 g/mol. The summed E-state index contributed by atoms with van der Waals surface area (Å²) in [7, 11) is 0. The van der Waals surface area contributed by atoms with E-state index in [1.807, 2.05) is 31.2 Å². The molecule has 0 aliphatic carbocycles. The van der Waals surface area contributed by atoms with E-state index < -0.39 is 16.5 Å². The minimum absolute atomic E-state index is 0.0186. The highest BCUT2D eigenvalue weighted by atomic mass is 32.1. The molecule has 0 bridgehead atoms. The Bertz CT molecular complexity index is 1790. The Morgan fingerprint density at radius 1 is 0.921 bits per heavy atom. The highest BCUT2D eigenvalue weighted by Gasteiger charge is 2.16. The second-order valence-electron chi connectivity index (χ2n) is 8.39. The van der Waals surface area contributed by atoms with Gasteiger partial charge in [0.15, 0.2) is 10.9 Å². The van der Waals surface area contributed by atoms with E-state index in [2.05, 4.69) is 10.6 Å². The van der Waals surface area contributed by atoms with Crippen molar-refractivity contribution in [3.8, 4) is 22.5 Å². The molecule has 0 aliphatic heterocycles. The van der Waals surface area contributed by atoms with E-state index in [9.17, 15) is 19.7 Å². The number of anilines is 1. The number of hydrogen-bond donors (Lipinski definition) is 2. The molecule has 3 aromatic carbocycles. The maximum atomic E-state index is 12.7. The molecule has 38 heavy (non-hydrogen) atoms. The number of aryl methyl sites for hydroxylation is 1. The van der Waals surface area contributed by atoms with Gasteiger partial charge in [-0.05, 0) is 60.6 Å². The number of carbonyl (C=O) groups is 1. The summed E-state index contributed by atoms with van der Waals surface area (Å²) in [5.74, 6) is -0.312. The van der Waals surface area contributed by atoms with E-state index in [1.165, 1.54) is 24.3 Å². The van der Waals surface area contributed by atoms with E-state index in [0.717, 1.165) is 10.9 Å². The zero-order chi connectivity index (χ0) is 26.8. The van der Waals surface area contributed by atoms with Gasteiger partial charge in [0, 0.05) is 28.8 Å². The molecule has 0 spiro atoms. The number of nitrogens with one attached hydrogen (secondary N) is 2.